The van der Waals surface area contributed by atoms with Gasteiger partial charge in [0.15, 0.2) is 5.82 Å². The highest BCUT2D eigenvalue weighted by molar-refractivity contribution is 9.10. The monoisotopic (exact) mass is 305 g/mol. The van der Waals surface area contributed by atoms with E-state index < -0.39 is 0 Å². The highest BCUT2D eigenvalue weighted by Crippen LogP contribution is 2.30. The highest BCUT2D eigenvalue weighted by Gasteiger charge is 2.20. The van der Waals surface area contributed by atoms with Gasteiger partial charge in [-0.05, 0) is 47.3 Å². The van der Waals surface area contributed by atoms with Gasteiger partial charge in [-0.15, -0.1) is 0 Å². The van der Waals surface area contributed by atoms with Crippen LogP contribution in [0.25, 0.3) is 11.5 Å². The first kappa shape index (κ1) is 11.6. The highest BCUT2D eigenvalue weighted by atomic mass is 79.9. The van der Waals surface area contributed by atoms with Crippen molar-refractivity contribution in [2.24, 2.45) is 5.84 Å². The van der Waals surface area contributed by atoms with Gasteiger partial charge in [0.05, 0.1) is 0 Å². The molecule has 18 heavy (non-hydrogen) atoms. The van der Waals surface area contributed by atoms with E-state index in [1.165, 1.54) is 0 Å². The third kappa shape index (κ3) is 1.87. The second kappa shape index (κ2) is 4.62. The van der Waals surface area contributed by atoms with E-state index in [0.717, 1.165) is 40.7 Å². The zero-order chi connectivity index (χ0) is 12.5. The van der Waals surface area contributed by atoms with Crippen molar-refractivity contribution in [2.45, 2.75) is 19.3 Å². The maximum absolute atomic E-state index is 5.54. The number of nitrogens with zero attached hydrogens (tertiary/aromatic N) is 3. The van der Waals surface area contributed by atoms with E-state index in [2.05, 4.69) is 36.3 Å². The van der Waals surface area contributed by atoms with Crippen molar-refractivity contribution < 1.29 is 0 Å². The number of hydrogen-bond donors (Lipinski definition) is 2. The van der Waals surface area contributed by atoms with E-state index in [0.29, 0.717) is 11.6 Å². The topological polar surface area (TPSA) is 76.7 Å². The second-order valence-corrected chi connectivity index (χ2v) is 5.01. The van der Waals surface area contributed by atoms with Gasteiger partial charge in [0.1, 0.15) is 11.5 Å². The van der Waals surface area contributed by atoms with Gasteiger partial charge in [-0.2, -0.15) is 0 Å². The SMILES string of the molecule is NNc1nc(-c2ncccc2Br)nc2c1CCC2. The Morgan fingerprint density at radius 3 is 2.94 bits per heavy atom. The largest absolute Gasteiger partial charge is 0.308 e. The van der Waals surface area contributed by atoms with E-state index in [9.17, 15) is 0 Å². The molecule has 0 aromatic carbocycles. The Bertz CT molecular complexity index is 599. The lowest BCUT2D eigenvalue weighted by atomic mass is 10.2. The van der Waals surface area contributed by atoms with Crippen LogP contribution in [0.2, 0.25) is 0 Å². The van der Waals surface area contributed by atoms with Gasteiger partial charge in [-0.25, -0.2) is 15.8 Å². The summed E-state index contributed by atoms with van der Waals surface area (Å²) in [5.41, 5.74) is 5.61. The molecule has 3 N–H and O–H groups in total. The van der Waals surface area contributed by atoms with Crippen LogP contribution >= 0.6 is 15.9 Å². The maximum atomic E-state index is 5.54. The lowest BCUT2D eigenvalue weighted by Crippen LogP contribution is -2.13. The minimum atomic E-state index is 0.607. The molecule has 2 aromatic heterocycles. The van der Waals surface area contributed by atoms with Gasteiger partial charge in [0, 0.05) is 21.9 Å². The standard InChI is InChI=1S/C12H12BrN5/c13-8-4-2-6-15-10(8)12-16-9-5-1-3-7(9)11(17-12)18-14/h2,4,6H,1,3,5,14H2,(H,16,17,18). The van der Waals surface area contributed by atoms with Crippen LogP contribution in [0.4, 0.5) is 5.82 Å². The third-order valence-electron chi connectivity index (χ3n) is 3.04. The van der Waals surface area contributed by atoms with Gasteiger partial charge in [0.2, 0.25) is 0 Å². The van der Waals surface area contributed by atoms with Crippen molar-refractivity contribution in [3.63, 3.8) is 0 Å². The van der Waals surface area contributed by atoms with Crippen molar-refractivity contribution in [1.82, 2.24) is 15.0 Å². The molecule has 5 nitrogen and oxygen atoms in total. The lowest BCUT2D eigenvalue weighted by molar-refractivity contribution is 0.899. The number of nitrogen functional groups attached to an aromatic ring is 1. The Hall–Kier alpha value is -1.53. The van der Waals surface area contributed by atoms with Gasteiger partial charge >= 0.3 is 0 Å². The number of hydrazine groups is 1. The Labute approximate surface area is 113 Å². The van der Waals surface area contributed by atoms with Crippen molar-refractivity contribution in [1.29, 1.82) is 0 Å². The first-order chi connectivity index (χ1) is 8.79. The Morgan fingerprint density at radius 2 is 2.17 bits per heavy atom. The van der Waals surface area contributed by atoms with E-state index >= 15 is 0 Å². The molecule has 0 amide bonds. The van der Waals surface area contributed by atoms with Gasteiger partial charge < -0.3 is 5.43 Å². The maximum Gasteiger partial charge on any atom is 0.181 e. The molecular formula is C12H12BrN5. The zero-order valence-corrected chi connectivity index (χ0v) is 11.2. The summed E-state index contributed by atoms with van der Waals surface area (Å²) in [5.74, 6) is 6.86. The minimum Gasteiger partial charge on any atom is -0.308 e. The first-order valence-corrected chi connectivity index (χ1v) is 6.56. The molecule has 2 heterocycles. The van der Waals surface area contributed by atoms with E-state index in [4.69, 9.17) is 5.84 Å². The number of halogens is 1. The molecule has 0 unspecified atom stereocenters. The molecule has 0 saturated carbocycles. The number of fused-ring (bicyclic) bond motifs is 1. The van der Waals surface area contributed by atoms with Crippen molar-refractivity contribution in [3.05, 3.63) is 34.1 Å². The predicted molar refractivity (Wildman–Crippen MR) is 72.8 cm³/mol. The summed E-state index contributed by atoms with van der Waals surface area (Å²) in [6.07, 6.45) is 4.79. The smallest absolute Gasteiger partial charge is 0.181 e. The molecule has 6 heteroatoms. The second-order valence-electron chi connectivity index (χ2n) is 4.15. The molecule has 0 aliphatic heterocycles. The summed E-state index contributed by atoms with van der Waals surface area (Å²) in [4.78, 5) is 13.4. The van der Waals surface area contributed by atoms with Crippen molar-refractivity contribution in [3.8, 4) is 11.5 Å². The number of pyridine rings is 1. The summed E-state index contributed by atoms with van der Waals surface area (Å²) in [6, 6.07) is 3.79. The van der Waals surface area contributed by atoms with Crippen LogP contribution in [-0.4, -0.2) is 15.0 Å². The molecule has 0 fully saturated rings. The molecule has 1 aliphatic carbocycles. The fraction of sp³-hybridized carbons (Fsp3) is 0.250. The number of aryl methyl sites for hydroxylation is 1. The van der Waals surface area contributed by atoms with Gasteiger partial charge in [0.25, 0.3) is 0 Å². The summed E-state index contributed by atoms with van der Waals surface area (Å²) < 4.78 is 0.880. The Balaban J connectivity index is 2.17. The van der Waals surface area contributed by atoms with Crippen LogP contribution in [0.15, 0.2) is 22.8 Å². The molecule has 2 aromatic rings. The fourth-order valence-corrected chi connectivity index (χ4v) is 2.64. The summed E-state index contributed by atoms with van der Waals surface area (Å²) in [7, 11) is 0. The molecule has 0 bridgehead atoms. The average molecular weight is 306 g/mol. The Morgan fingerprint density at radius 1 is 1.28 bits per heavy atom. The molecule has 0 spiro atoms. The van der Waals surface area contributed by atoms with Gasteiger partial charge in [-0.1, -0.05) is 0 Å². The normalized spacial score (nSPS) is 13.4. The summed E-state index contributed by atoms with van der Waals surface area (Å²) >= 11 is 3.47. The number of aromatic nitrogens is 3. The molecule has 0 radical (unpaired) electrons. The zero-order valence-electron chi connectivity index (χ0n) is 9.65. The van der Waals surface area contributed by atoms with Gasteiger partial charge in [-0.3, -0.25) is 4.98 Å². The molecule has 0 atom stereocenters. The molecule has 3 rings (SSSR count). The average Bonchev–Trinajstić information content (AvgIpc) is 2.86. The molecular weight excluding hydrogens is 294 g/mol. The van der Waals surface area contributed by atoms with E-state index in [1.54, 1.807) is 6.20 Å². The number of nitrogens with one attached hydrogen (secondary N) is 1. The van der Waals surface area contributed by atoms with Crippen molar-refractivity contribution >= 4 is 21.7 Å². The molecule has 0 saturated heterocycles. The Kier molecular flexibility index (Phi) is 2.97. The summed E-state index contributed by atoms with van der Waals surface area (Å²) in [5, 5.41) is 0. The summed E-state index contributed by atoms with van der Waals surface area (Å²) in [6.45, 7) is 0. The minimum absolute atomic E-state index is 0.607. The number of hydrogen-bond acceptors (Lipinski definition) is 5. The van der Waals surface area contributed by atoms with Crippen LogP contribution in [0.1, 0.15) is 17.7 Å². The van der Waals surface area contributed by atoms with E-state index in [-0.39, 0.29) is 0 Å². The predicted octanol–water partition coefficient (Wildman–Crippen LogP) is 2.08. The fourth-order valence-electron chi connectivity index (χ4n) is 2.21. The number of rotatable bonds is 2. The van der Waals surface area contributed by atoms with Crippen LogP contribution in [0, 0.1) is 0 Å². The molecule has 1 aliphatic rings. The lowest BCUT2D eigenvalue weighted by Gasteiger charge is -2.09. The van der Waals surface area contributed by atoms with Crippen LogP contribution in [0.3, 0.4) is 0 Å². The quantitative estimate of drug-likeness (QED) is 0.656. The number of nitrogens with two attached hydrogens (primary N) is 1. The van der Waals surface area contributed by atoms with Crippen LogP contribution in [-0.2, 0) is 12.8 Å². The van der Waals surface area contributed by atoms with Crippen molar-refractivity contribution in [2.75, 3.05) is 5.43 Å². The van der Waals surface area contributed by atoms with Crippen LogP contribution < -0.4 is 11.3 Å². The third-order valence-corrected chi connectivity index (χ3v) is 3.68. The first-order valence-electron chi connectivity index (χ1n) is 5.77. The molecule has 92 valence electrons. The van der Waals surface area contributed by atoms with Crippen LogP contribution in [0.5, 0.6) is 0 Å². The van der Waals surface area contributed by atoms with E-state index in [1.807, 2.05) is 12.1 Å². The number of anilines is 1.